The maximum Gasteiger partial charge on any atom is 0.315 e. The van der Waals surface area contributed by atoms with Crippen LogP contribution in [0.15, 0.2) is 23.6 Å². The summed E-state index contributed by atoms with van der Waals surface area (Å²) in [5.41, 5.74) is 3.59. The molecular weight excluding hydrogens is 298 g/mol. The van der Waals surface area contributed by atoms with Crippen LogP contribution in [0.3, 0.4) is 0 Å². The third kappa shape index (κ3) is 3.71. The Morgan fingerprint density at radius 3 is 2.18 bits per heavy atom. The van der Waals surface area contributed by atoms with Gasteiger partial charge in [0.05, 0.1) is 5.69 Å². The Morgan fingerprint density at radius 1 is 1.09 bits per heavy atom. The Kier molecular flexibility index (Phi) is 5.27. The van der Waals surface area contributed by atoms with E-state index in [9.17, 15) is 9.59 Å². The van der Waals surface area contributed by atoms with E-state index in [4.69, 9.17) is 0 Å². The molecule has 22 heavy (non-hydrogen) atoms. The summed E-state index contributed by atoms with van der Waals surface area (Å²) in [6, 6.07) is 5.87. The number of carbonyl (C=O) groups is 2. The van der Waals surface area contributed by atoms with E-state index in [0.29, 0.717) is 5.13 Å². The summed E-state index contributed by atoms with van der Waals surface area (Å²) in [6.07, 6.45) is 1.58. The molecule has 0 fully saturated rings. The molecule has 1 aromatic carbocycles. The summed E-state index contributed by atoms with van der Waals surface area (Å²) in [6.45, 7) is 5.86. The first-order valence-corrected chi connectivity index (χ1v) is 8.08. The number of para-hydroxylation sites is 1. The molecule has 0 saturated heterocycles. The zero-order chi connectivity index (χ0) is 16.1. The molecule has 2 aromatic rings. The Morgan fingerprint density at radius 2 is 1.68 bits per heavy atom. The smallest absolute Gasteiger partial charge is 0.315 e. The molecule has 116 valence electrons. The number of carbonyl (C=O) groups excluding carboxylic acids is 2. The highest BCUT2D eigenvalue weighted by molar-refractivity contribution is 7.14. The van der Waals surface area contributed by atoms with E-state index >= 15 is 0 Å². The van der Waals surface area contributed by atoms with Crippen LogP contribution in [-0.2, 0) is 22.4 Å². The van der Waals surface area contributed by atoms with Crippen molar-refractivity contribution in [3.8, 4) is 0 Å². The van der Waals surface area contributed by atoms with Gasteiger partial charge in [-0.2, -0.15) is 0 Å². The summed E-state index contributed by atoms with van der Waals surface area (Å²) in [4.78, 5) is 28.2. The number of hydrogen-bond donors (Lipinski definition) is 2. The van der Waals surface area contributed by atoms with E-state index in [1.54, 1.807) is 0 Å². The van der Waals surface area contributed by atoms with Crippen LogP contribution in [-0.4, -0.2) is 16.8 Å². The molecule has 2 rings (SSSR count). The van der Waals surface area contributed by atoms with Gasteiger partial charge < -0.3 is 5.32 Å². The average molecular weight is 317 g/mol. The van der Waals surface area contributed by atoms with Gasteiger partial charge in [0.25, 0.3) is 0 Å². The first kappa shape index (κ1) is 16.2. The van der Waals surface area contributed by atoms with Gasteiger partial charge in [-0.3, -0.25) is 14.9 Å². The average Bonchev–Trinajstić information content (AvgIpc) is 2.92. The molecule has 0 spiro atoms. The molecule has 1 aromatic heterocycles. The second-order valence-electron chi connectivity index (χ2n) is 4.86. The van der Waals surface area contributed by atoms with Crippen LogP contribution in [0.25, 0.3) is 0 Å². The predicted octanol–water partition coefficient (Wildman–Crippen LogP) is 3.15. The van der Waals surface area contributed by atoms with Crippen molar-refractivity contribution in [3.63, 3.8) is 0 Å². The number of thiazole rings is 1. The molecule has 0 aliphatic heterocycles. The standard InChI is InChI=1S/C16H19N3O2S/c1-4-11-7-6-8-12(5-2)13(11)18-14(20)15(21)19-16-17-10(3)9-22-16/h6-9H,4-5H2,1-3H3,(H,18,20)(H,17,19,21). The number of nitrogens with one attached hydrogen (secondary N) is 2. The van der Waals surface area contributed by atoms with Gasteiger partial charge in [0.15, 0.2) is 5.13 Å². The van der Waals surface area contributed by atoms with Gasteiger partial charge in [-0.25, -0.2) is 4.98 Å². The summed E-state index contributed by atoms with van der Waals surface area (Å²) in [7, 11) is 0. The van der Waals surface area contributed by atoms with Crippen LogP contribution in [0.1, 0.15) is 30.7 Å². The monoisotopic (exact) mass is 317 g/mol. The lowest BCUT2D eigenvalue weighted by Gasteiger charge is -2.13. The number of hydrogen-bond acceptors (Lipinski definition) is 4. The fraction of sp³-hybridized carbons (Fsp3) is 0.312. The molecule has 0 unspecified atom stereocenters. The number of amides is 2. The molecule has 1 heterocycles. The van der Waals surface area contributed by atoms with Crippen molar-refractivity contribution in [2.75, 3.05) is 10.6 Å². The van der Waals surface area contributed by atoms with Crippen LogP contribution in [0.5, 0.6) is 0 Å². The summed E-state index contributed by atoms with van der Waals surface area (Å²) in [5.74, 6) is -1.38. The Balaban J connectivity index is 2.13. The molecule has 0 aliphatic carbocycles. The molecule has 0 aliphatic rings. The van der Waals surface area contributed by atoms with E-state index in [1.165, 1.54) is 11.3 Å². The quantitative estimate of drug-likeness (QED) is 0.851. The number of benzene rings is 1. The second kappa shape index (κ2) is 7.17. The van der Waals surface area contributed by atoms with Crippen molar-refractivity contribution in [2.24, 2.45) is 0 Å². The normalized spacial score (nSPS) is 10.3. The van der Waals surface area contributed by atoms with Gasteiger partial charge >= 0.3 is 11.8 Å². The molecule has 6 heteroatoms. The maximum absolute atomic E-state index is 12.1. The predicted molar refractivity (Wildman–Crippen MR) is 89.3 cm³/mol. The van der Waals surface area contributed by atoms with Gasteiger partial charge in [-0.15, -0.1) is 11.3 Å². The maximum atomic E-state index is 12.1. The number of anilines is 2. The molecule has 0 radical (unpaired) electrons. The van der Waals surface area contributed by atoms with E-state index in [-0.39, 0.29) is 0 Å². The van der Waals surface area contributed by atoms with Gasteiger partial charge in [0, 0.05) is 11.1 Å². The van der Waals surface area contributed by atoms with Gasteiger partial charge in [0.1, 0.15) is 0 Å². The van der Waals surface area contributed by atoms with Crippen LogP contribution < -0.4 is 10.6 Å². The van der Waals surface area contributed by atoms with E-state index in [2.05, 4.69) is 15.6 Å². The lowest BCUT2D eigenvalue weighted by molar-refractivity contribution is -0.133. The number of nitrogens with zero attached hydrogens (tertiary/aromatic N) is 1. The first-order chi connectivity index (χ1) is 10.5. The number of rotatable bonds is 4. The fourth-order valence-corrected chi connectivity index (χ4v) is 2.82. The third-order valence-electron chi connectivity index (χ3n) is 3.28. The SMILES string of the molecule is CCc1cccc(CC)c1NC(=O)C(=O)Nc1nc(C)cs1. The Hall–Kier alpha value is -2.21. The van der Waals surface area contributed by atoms with Crippen molar-refractivity contribution in [1.29, 1.82) is 0 Å². The highest BCUT2D eigenvalue weighted by Gasteiger charge is 2.18. The van der Waals surface area contributed by atoms with E-state index in [1.807, 2.05) is 44.4 Å². The molecule has 2 N–H and O–H groups in total. The van der Waals surface area contributed by atoms with Crippen molar-refractivity contribution < 1.29 is 9.59 Å². The number of aromatic nitrogens is 1. The van der Waals surface area contributed by atoms with Crippen LogP contribution in [0, 0.1) is 6.92 Å². The molecular formula is C16H19N3O2S. The van der Waals surface area contributed by atoms with Crippen LogP contribution in [0.4, 0.5) is 10.8 Å². The van der Waals surface area contributed by atoms with Gasteiger partial charge in [-0.1, -0.05) is 32.0 Å². The first-order valence-electron chi connectivity index (χ1n) is 7.20. The van der Waals surface area contributed by atoms with Crippen molar-refractivity contribution in [3.05, 3.63) is 40.4 Å². The summed E-state index contributed by atoms with van der Waals surface area (Å²) < 4.78 is 0. The minimum Gasteiger partial charge on any atom is -0.317 e. The Labute approximate surface area is 133 Å². The molecule has 0 saturated carbocycles. The zero-order valence-electron chi connectivity index (χ0n) is 12.9. The summed E-state index contributed by atoms with van der Waals surface area (Å²) in [5, 5.41) is 7.49. The molecule has 0 atom stereocenters. The van der Waals surface area contributed by atoms with E-state index in [0.717, 1.165) is 35.3 Å². The number of aryl methyl sites for hydroxylation is 3. The second-order valence-corrected chi connectivity index (χ2v) is 5.72. The molecule has 5 nitrogen and oxygen atoms in total. The zero-order valence-corrected chi connectivity index (χ0v) is 13.7. The third-order valence-corrected chi connectivity index (χ3v) is 4.16. The van der Waals surface area contributed by atoms with Gasteiger partial charge in [0.2, 0.25) is 0 Å². The largest absolute Gasteiger partial charge is 0.317 e. The van der Waals surface area contributed by atoms with Gasteiger partial charge in [-0.05, 0) is 30.9 Å². The minimum atomic E-state index is -0.706. The molecule has 0 bridgehead atoms. The van der Waals surface area contributed by atoms with Crippen molar-refractivity contribution >= 4 is 34.0 Å². The van der Waals surface area contributed by atoms with Crippen molar-refractivity contribution in [1.82, 2.24) is 4.98 Å². The highest BCUT2D eigenvalue weighted by atomic mass is 32.1. The topological polar surface area (TPSA) is 71.1 Å². The van der Waals surface area contributed by atoms with Crippen molar-refractivity contribution in [2.45, 2.75) is 33.6 Å². The fourth-order valence-electron chi connectivity index (χ4n) is 2.14. The van der Waals surface area contributed by atoms with E-state index < -0.39 is 11.8 Å². The lowest BCUT2D eigenvalue weighted by atomic mass is 10.0. The summed E-state index contributed by atoms with van der Waals surface area (Å²) >= 11 is 1.29. The van der Waals surface area contributed by atoms with Crippen LogP contribution in [0.2, 0.25) is 0 Å². The molecule has 2 amide bonds. The minimum absolute atomic E-state index is 0.428. The van der Waals surface area contributed by atoms with Crippen LogP contribution >= 0.6 is 11.3 Å². The highest BCUT2D eigenvalue weighted by Crippen LogP contribution is 2.22. The Bertz CT molecular complexity index is 672. The lowest BCUT2D eigenvalue weighted by Crippen LogP contribution is -2.29.